The topological polar surface area (TPSA) is 9.23 Å². The standard InChI is InChI=1S/C20H23F2OP/c1-5-13(2)12-23-19-11-14(3)10-18(15(19)4)16-6-8-17(9-7-16)20(21,22)24/h6-12H,5,24H2,1-4H3/b13-12+. The fraction of sp³-hybridized carbons (Fsp3) is 0.300. The Bertz CT molecular complexity index is 743. The van der Waals surface area contributed by atoms with Gasteiger partial charge in [-0.3, -0.25) is 0 Å². The summed E-state index contributed by atoms with van der Waals surface area (Å²) in [6.07, 6.45) is 2.70. The van der Waals surface area contributed by atoms with Crippen LogP contribution in [0.3, 0.4) is 0 Å². The molecule has 0 saturated carbocycles. The Morgan fingerprint density at radius 3 is 2.33 bits per heavy atom. The summed E-state index contributed by atoms with van der Waals surface area (Å²) in [6, 6.07) is 10.4. The lowest BCUT2D eigenvalue weighted by Gasteiger charge is -2.15. The van der Waals surface area contributed by atoms with Gasteiger partial charge in [-0.15, -0.1) is 0 Å². The van der Waals surface area contributed by atoms with Crippen molar-refractivity contribution in [3.05, 3.63) is 64.9 Å². The Hall–Kier alpha value is -1.73. The van der Waals surface area contributed by atoms with E-state index in [1.54, 1.807) is 27.6 Å². The number of allylic oxidation sites excluding steroid dienone is 1. The van der Waals surface area contributed by atoms with Crippen LogP contribution in [-0.4, -0.2) is 0 Å². The van der Waals surface area contributed by atoms with Gasteiger partial charge in [0.25, 0.3) is 5.66 Å². The van der Waals surface area contributed by atoms with E-state index in [1.807, 2.05) is 32.9 Å². The molecule has 0 spiro atoms. The number of hydrogen-bond donors (Lipinski definition) is 0. The molecule has 1 atom stereocenters. The molecule has 1 nitrogen and oxygen atoms in total. The van der Waals surface area contributed by atoms with E-state index in [0.29, 0.717) is 0 Å². The van der Waals surface area contributed by atoms with Crippen LogP contribution in [0.2, 0.25) is 0 Å². The largest absolute Gasteiger partial charge is 0.465 e. The molecule has 2 aromatic carbocycles. The van der Waals surface area contributed by atoms with Crippen LogP contribution in [0.15, 0.2) is 48.2 Å². The molecule has 0 aliphatic carbocycles. The van der Waals surface area contributed by atoms with E-state index in [4.69, 9.17) is 4.74 Å². The summed E-state index contributed by atoms with van der Waals surface area (Å²) < 4.78 is 32.5. The SMILES string of the molecule is CC/C(C)=C/Oc1cc(C)cc(-c2ccc(C(F)(F)P)cc2)c1C. The van der Waals surface area contributed by atoms with Crippen molar-refractivity contribution >= 4 is 9.24 Å². The first-order chi connectivity index (χ1) is 11.2. The van der Waals surface area contributed by atoms with Gasteiger partial charge in [-0.1, -0.05) is 46.5 Å². The van der Waals surface area contributed by atoms with Gasteiger partial charge in [-0.25, -0.2) is 0 Å². The second-order valence-electron chi connectivity index (χ2n) is 6.07. The van der Waals surface area contributed by atoms with E-state index in [2.05, 4.69) is 6.92 Å². The summed E-state index contributed by atoms with van der Waals surface area (Å²) in [5.41, 5.74) is 2.18. The second kappa shape index (κ2) is 7.44. The van der Waals surface area contributed by atoms with E-state index in [-0.39, 0.29) is 5.56 Å². The van der Waals surface area contributed by atoms with Crippen LogP contribution in [0.5, 0.6) is 5.75 Å². The summed E-state index contributed by atoms with van der Waals surface area (Å²) in [6.45, 7) is 8.08. The van der Waals surface area contributed by atoms with E-state index < -0.39 is 5.66 Å². The van der Waals surface area contributed by atoms with E-state index in [9.17, 15) is 8.78 Å². The van der Waals surface area contributed by atoms with Crippen molar-refractivity contribution in [2.45, 2.75) is 39.8 Å². The zero-order chi connectivity index (χ0) is 17.9. The number of benzene rings is 2. The molecule has 4 heteroatoms. The lowest BCUT2D eigenvalue weighted by atomic mass is 9.97. The zero-order valence-corrected chi connectivity index (χ0v) is 15.6. The Morgan fingerprint density at radius 2 is 1.79 bits per heavy atom. The fourth-order valence-corrected chi connectivity index (χ4v) is 2.56. The van der Waals surface area contributed by atoms with Crippen LogP contribution < -0.4 is 4.74 Å². The molecule has 0 fully saturated rings. The number of halogens is 2. The van der Waals surface area contributed by atoms with Crippen LogP contribution >= 0.6 is 9.24 Å². The molecule has 0 aromatic heterocycles. The van der Waals surface area contributed by atoms with Gasteiger partial charge in [0, 0.05) is 5.56 Å². The molecule has 0 heterocycles. The Labute approximate surface area is 144 Å². The van der Waals surface area contributed by atoms with E-state index >= 15 is 0 Å². The van der Waals surface area contributed by atoms with Crippen molar-refractivity contribution in [2.24, 2.45) is 0 Å². The molecule has 2 aromatic rings. The lowest BCUT2D eigenvalue weighted by Crippen LogP contribution is -2.01. The van der Waals surface area contributed by atoms with Gasteiger partial charge >= 0.3 is 0 Å². The normalized spacial score (nSPS) is 12.4. The first-order valence-corrected chi connectivity index (χ1v) is 8.51. The maximum Gasteiger partial charge on any atom is 0.283 e. The van der Waals surface area contributed by atoms with Crippen LogP contribution in [0, 0.1) is 13.8 Å². The molecule has 24 heavy (non-hydrogen) atoms. The van der Waals surface area contributed by atoms with Crippen molar-refractivity contribution in [1.29, 1.82) is 0 Å². The van der Waals surface area contributed by atoms with Crippen LogP contribution in [-0.2, 0) is 5.66 Å². The van der Waals surface area contributed by atoms with Crippen molar-refractivity contribution in [3.63, 3.8) is 0 Å². The molecule has 0 aliphatic heterocycles. The Balaban J connectivity index is 2.42. The third-order valence-corrected chi connectivity index (χ3v) is 4.36. The van der Waals surface area contributed by atoms with Gasteiger partial charge in [0.1, 0.15) is 5.75 Å². The second-order valence-corrected chi connectivity index (χ2v) is 6.80. The highest BCUT2D eigenvalue weighted by molar-refractivity contribution is 7.17. The zero-order valence-electron chi connectivity index (χ0n) is 14.5. The lowest BCUT2D eigenvalue weighted by molar-refractivity contribution is 0.104. The average Bonchev–Trinajstić information content (AvgIpc) is 2.54. The molecule has 0 saturated heterocycles. The van der Waals surface area contributed by atoms with Gasteiger partial charge in [0.2, 0.25) is 0 Å². The first kappa shape index (κ1) is 18.6. The monoisotopic (exact) mass is 348 g/mol. The summed E-state index contributed by atoms with van der Waals surface area (Å²) in [7, 11) is 1.57. The van der Waals surface area contributed by atoms with E-state index in [0.717, 1.165) is 40.0 Å². The first-order valence-electron chi connectivity index (χ1n) is 7.93. The van der Waals surface area contributed by atoms with Crippen LogP contribution in [0.1, 0.15) is 37.0 Å². The smallest absolute Gasteiger partial charge is 0.283 e. The van der Waals surface area contributed by atoms with Crippen molar-refractivity contribution in [1.82, 2.24) is 0 Å². The van der Waals surface area contributed by atoms with Crippen molar-refractivity contribution in [3.8, 4) is 16.9 Å². The number of rotatable bonds is 5. The third-order valence-electron chi connectivity index (χ3n) is 4.03. The quantitative estimate of drug-likeness (QED) is 0.437. The average molecular weight is 348 g/mol. The molecule has 2 rings (SSSR count). The summed E-state index contributed by atoms with van der Waals surface area (Å²) in [5.74, 6) is 0.790. The third kappa shape index (κ3) is 4.42. The van der Waals surface area contributed by atoms with Crippen LogP contribution in [0.4, 0.5) is 8.78 Å². The fourth-order valence-electron chi connectivity index (χ4n) is 2.37. The molecule has 0 radical (unpaired) electrons. The molecule has 0 N–H and O–H groups in total. The maximum atomic E-state index is 13.3. The predicted molar refractivity (Wildman–Crippen MR) is 99.6 cm³/mol. The molecule has 1 unspecified atom stereocenters. The Kier molecular flexibility index (Phi) is 5.77. The van der Waals surface area contributed by atoms with Gasteiger partial charge < -0.3 is 4.74 Å². The molecular weight excluding hydrogens is 325 g/mol. The van der Waals surface area contributed by atoms with Crippen molar-refractivity contribution in [2.75, 3.05) is 0 Å². The van der Waals surface area contributed by atoms with Gasteiger partial charge in [0.15, 0.2) is 0 Å². The van der Waals surface area contributed by atoms with Gasteiger partial charge in [-0.2, -0.15) is 8.78 Å². The highest BCUT2D eigenvalue weighted by atomic mass is 31.0. The maximum absolute atomic E-state index is 13.3. The number of alkyl halides is 2. The molecular formula is C20H23F2OP. The molecule has 0 amide bonds. The number of ether oxygens (including phenoxy) is 1. The Morgan fingerprint density at radius 1 is 1.17 bits per heavy atom. The number of hydrogen-bond acceptors (Lipinski definition) is 1. The minimum atomic E-state index is -2.91. The number of aryl methyl sites for hydroxylation is 1. The summed E-state index contributed by atoms with van der Waals surface area (Å²) in [5, 5.41) is 0. The molecule has 0 bridgehead atoms. The van der Waals surface area contributed by atoms with Crippen LogP contribution in [0.25, 0.3) is 11.1 Å². The minimum absolute atomic E-state index is 0.0143. The highest BCUT2D eigenvalue weighted by Crippen LogP contribution is 2.37. The summed E-state index contributed by atoms with van der Waals surface area (Å²) in [4.78, 5) is 0. The van der Waals surface area contributed by atoms with Gasteiger partial charge in [0.05, 0.1) is 6.26 Å². The molecule has 0 aliphatic rings. The van der Waals surface area contributed by atoms with E-state index in [1.165, 1.54) is 12.1 Å². The molecule has 128 valence electrons. The summed E-state index contributed by atoms with van der Waals surface area (Å²) >= 11 is 0. The highest BCUT2D eigenvalue weighted by Gasteiger charge is 2.24. The van der Waals surface area contributed by atoms with Gasteiger partial charge in [-0.05, 0) is 61.1 Å². The predicted octanol–water partition coefficient (Wildman–Crippen LogP) is 6.59. The van der Waals surface area contributed by atoms with Crippen molar-refractivity contribution < 1.29 is 13.5 Å². The minimum Gasteiger partial charge on any atom is -0.465 e.